The van der Waals surface area contributed by atoms with Crippen LogP contribution in [0.25, 0.3) is 10.8 Å². The van der Waals surface area contributed by atoms with Gasteiger partial charge in [-0.1, -0.05) is 41.9 Å². The Labute approximate surface area is 175 Å². The first-order valence-electron chi connectivity index (χ1n) is 9.55. The molecule has 7 nitrogen and oxygen atoms in total. The van der Waals surface area contributed by atoms with Crippen LogP contribution in [0.15, 0.2) is 36.4 Å². The summed E-state index contributed by atoms with van der Waals surface area (Å²) in [6.07, 6.45) is 2.24. The molecule has 0 unspecified atom stereocenters. The summed E-state index contributed by atoms with van der Waals surface area (Å²) >= 11 is 6.45. The molecule has 2 N–H and O–H groups in total. The lowest BCUT2D eigenvalue weighted by molar-refractivity contribution is -0.159. The Morgan fingerprint density at radius 3 is 2.31 bits per heavy atom. The number of likely N-dealkylation sites (N-methyl/N-ethyl adjacent to an activating group) is 1. The third-order valence-electron chi connectivity index (χ3n) is 4.73. The number of benzene rings is 2. The summed E-state index contributed by atoms with van der Waals surface area (Å²) in [7, 11) is 2.19. The van der Waals surface area contributed by atoms with Crippen LogP contribution in [0, 0.1) is 0 Å². The maximum Gasteiger partial charge on any atom is 0.414 e. The van der Waals surface area contributed by atoms with Gasteiger partial charge in [0.15, 0.2) is 0 Å². The molecule has 2 aromatic rings. The monoisotopic (exact) mass is 422 g/mol. The highest BCUT2D eigenvalue weighted by Crippen LogP contribution is 2.32. The Kier molecular flexibility index (Phi) is 9.18. The Bertz CT molecular complexity index is 810. The fourth-order valence-electron chi connectivity index (χ4n) is 3.02. The van der Waals surface area contributed by atoms with Crippen molar-refractivity contribution < 1.29 is 24.5 Å². The minimum atomic E-state index is -1.82. The minimum absolute atomic E-state index is 0.724. The van der Waals surface area contributed by atoms with Crippen molar-refractivity contribution in [1.82, 2.24) is 9.80 Å². The van der Waals surface area contributed by atoms with Gasteiger partial charge in [0, 0.05) is 31.6 Å². The van der Waals surface area contributed by atoms with E-state index in [1.165, 1.54) is 39.1 Å². The zero-order chi connectivity index (χ0) is 21.2. The molecule has 1 fully saturated rings. The van der Waals surface area contributed by atoms with Crippen molar-refractivity contribution in [2.24, 2.45) is 0 Å². The van der Waals surface area contributed by atoms with Gasteiger partial charge in [0.2, 0.25) is 0 Å². The molecule has 0 atom stereocenters. The second-order valence-corrected chi connectivity index (χ2v) is 7.29. The highest BCUT2D eigenvalue weighted by Gasteiger charge is 2.13. The van der Waals surface area contributed by atoms with Gasteiger partial charge in [-0.15, -0.1) is 0 Å². The van der Waals surface area contributed by atoms with E-state index in [0.717, 1.165) is 34.6 Å². The van der Waals surface area contributed by atoms with Gasteiger partial charge in [-0.25, -0.2) is 9.59 Å². The molecule has 158 valence electrons. The van der Waals surface area contributed by atoms with Crippen molar-refractivity contribution in [2.45, 2.75) is 12.8 Å². The standard InChI is InChI=1S/C19H25ClN2O.C2H2O4/c1-21-11-13-22(14-12-21)10-4-5-15-23-18-9-8-16-6-2-3-7-17(16)19(18)20;3-1(4)2(5)6/h2-3,6-9H,4-5,10-15H2,1H3;(H,3,4)(H,5,6). The third kappa shape index (κ3) is 7.53. The number of hydrogen-bond acceptors (Lipinski definition) is 5. The van der Waals surface area contributed by atoms with Gasteiger partial charge < -0.3 is 24.7 Å². The lowest BCUT2D eigenvalue weighted by Gasteiger charge is -2.32. The Morgan fingerprint density at radius 1 is 1.00 bits per heavy atom. The summed E-state index contributed by atoms with van der Waals surface area (Å²) < 4.78 is 5.89. The second-order valence-electron chi connectivity index (χ2n) is 6.91. The molecule has 1 saturated heterocycles. The van der Waals surface area contributed by atoms with E-state index in [1.54, 1.807) is 0 Å². The first-order chi connectivity index (χ1) is 13.9. The average molecular weight is 423 g/mol. The van der Waals surface area contributed by atoms with Crippen molar-refractivity contribution in [3.63, 3.8) is 0 Å². The van der Waals surface area contributed by atoms with Crippen molar-refractivity contribution in [3.05, 3.63) is 41.4 Å². The molecule has 1 aliphatic heterocycles. The minimum Gasteiger partial charge on any atom is -0.492 e. The van der Waals surface area contributed by atoms with Gasteiger partial charge >= 0.3 is 11.9 Å². The number of unbranched alkanes of at least 4 members (excludes halogenated alkanes) is 1. The number of aliphatic carboxylic acids is 2. The Morgan fingerprint density at radius 2 is 1.66 bits per heavy atom. The van der Waals surface area contributed by atoms with Crippen LogP contribution in [0.5, 0.6) is 5.75 Å². The predicted molar refractivity (Wildman–Crippen MR) is 113 cm³/mol. The number of fused-ring (bicyclic) bond motifs is 1. The molecule has 8 heteroatoms. The highest BCUT2D eigenvalue weighted by atomic mass is 35.5. The lowest BCUT2D eigenvalue weighted by atomic mass is 10.1. The molecule has 1 heterocycles. The number of hydrogen-bond donors (Lipinski definition) is 2. The van der Waals surface area contributed by atoms with Gasteiger partial charge in [-0.3, -0.25) is 0 Å². The van der Waals surface area contributed by atoms with E-state index in [4.69, 9.17) is 36.1 Å². The van der Waals surface area contributed by atoms with Gasteiger partial charge in [-0.05, 0) is 37.9 Å². The normalized spacial score (nSPS) is 14.8. The summed E-state index contributed by atoms with van der Waals surface area (Å²) in [6, 6.07) is 12.2. The smallest absolute Gasteiger partial charge is 0.414 e. The molecule has 29 heavy (non-hydrogen) atoms. The number of rotatable bonds is 6. The van der Waals surface area contributed by atoms with Crippen LogP contribution in [-0.4, -0.2) is 78.3 Å². The van der Waals surface area contributed by atoms with E-state index < -0.39 is 11.9 Å². The van der Waals surface area contributed by atoms with E-state index in [-0.39, 0.29) is 0 Å². The molecule has 3 rings (SSSR count). The second kappa shape index (κ2) is 11.6. The number of carboxylic acids is 2. The van der Waals surface area contributed by atoms with Crippen LogP contribution in [0.1, 0.15) is 12.8 Å². The van der Waals surface area contributed by atoms with Crippen LogP contribution in [0.2, 0.25) is 5.02 Å². The molecule has 0 bridgehead atoms. The molecular weight excluding hydrogens is 396 g/mol. The van der Waals surface area contributed by atoms with Gasteiger partial charge in [0.1, 0.15) is 5.75 Å². The van der Waals surface area contributed by atoms with Crippen LogP contribution in [0.3, 0.4) is 0 Å². The molecule has 0 aliphatic carbocycles. The Hall–Kier alpha value is -2.35. The average Bonchev–Trinajstić information content (AvgIpc) is 2.71. The van der Waals surface area contributed by atoms with E-state index in [1.807, 2.05) is 24.3 Å². The number of halogens is 1. The van der Waals surface area contributed by atoms with Gasteiger partial charge in [-0.2, -0.15) is 0 Å². The summed E-state index contributed by atoms with van der Waals surface area (Å²) in [5.41, 5.74) is 0. The van der Waals surface area contributed by atoms with Crippen molar-refractivity contribution in [3.8, 4) is 5.75 Å². The highest BCUT2D eigenvalue weighted by molar-refractivity contribution is 6.37. The first-order valence-corrected chi connectivity index (χ1v) is 9.93. The molecule has 0 spiro atoms. The number of carbonyl (C=O) groups is 2. The quantitative estimate of drug-likeness (QED) is 0.546. The van der Waals surface area contributed by atoms with Crippen LogP contribution in [-0.2, 0) is 9.59 Å². The number of piperazine rings is 1. The van der Waals surface area contributed by atoms with E-state index in [9.17, 15) is 0 Å². The zero-order valence-electron chi connectivity index (χ0n) is 16.5. The fraction of sp³-hybridized carbons (Fsp3) is 0.429. The molecular formula is C21H27ClN2O5. The van der Waals surface area contributed by atoms with E-state index >= 15 is 0 Å². The summed E-state index contributed by atoms with van der Waals surface area (Å²) in [5, 5.41) is 17.7. The van der Waals surface area contributed by atoms with Crippen LogP contribution in [0.4, 0.5) is 0 Å². The maximum atomic E-state index is 9.10. The molecule has 2 aromatic carbocycles. The van der Waals surface area contributed by atoms with Crippen molar-refractivity contribution in [1.29, 1.82) is 0 Å². The molecule has 0 saturated carbocycles. The van der Waals surface area contributed by atoms with E-state index in [0.29, 0.717) is 0 Å². The number of ether oxygens (including phenoxy) is 1. The zero-order valence-corrected chi connectivity index (χ0v) is 17.3. The number of nitrogens with zero attached hydrogens (tertiary/aromatic N) is 2. The van der Waals surface area contributed by atoms with Crippen LogP contribution >= 0.6 is 11.6 Å². The molecule has 0 aromatic heterocycles. The first kappa shape index (κ1) is 22.9. The topological polar surface area (TPSA) is 90.3 Å². The largest absolute Gasteiger partial charge is 0.492 e. The molecule has 0 amide bonds. The van der Waals surface area contributed by atoms with Crippen molar-refractivity contribution in [2.75, 3.05) is 46.4 Å². The van der Waals surface area contributed by atoms with Crippen molar-refractivity contribution >= 4 is 34.3 Å². The van der Waals surface area contributed by atoms with Gasteiger partial charge in [0.25, 0.3) is 0 Å². The van der Waals surface area contributed by atoms with E-state index in [2.05, 4.69) is 29.0 Å². The maximum absolute atomic E-state index is 9.10. The van der Waals surface area contributed by atoms with Crippen LogP contribution < -0.4 is 4.74 Å². The molecule has 1 aliphatic rings. The SMILES string of the molecule is CN1CCN(CCCCOc2ccc3ccccc3c2Cl)CC1.O=C(O)C(=O)O. The number of carboxylic acid groups (broad SMARTS) is 2. The Balaban J connectivity index is 0.000000438. The summed E-state index contributed by atoms with van der Waals surface area (Å²) in [5.74, 6) is -2.85. The summed E-state index contributed by atoms with van der Waals surface area (Å²) in [4.78, 5) is 23.1. The third-order valence-corrected chi connectivity index (χ3v) is 5.12. The lowest BCUT2D eigenvalue weighted by Crippen LogP contribution is -2.44. The molecule has 0 radical (unpaired) electrons. The summed E-state index contributed by atoms with van der Waals surface area (Å²) in [6.45, 7) is 6.64. The fourth-order valence-corrected chi connectivity index (χ4v) is 3.31. The van der Waals surface area contributed by atoms with Gasteiger partial charge in [0.05, 0.1) is 11.6 Å². The predicted octanol–water partition coefficient (Wildman–Crippen LogP) is 3.06.